The van der Waals surface area contributed by atoms with Crippen molar-refractivity contribution in [3.05, 3.63) is 23.8 Å². The molecule has 1 amide bonds. The Bertz CT molecular complexity index is 539. The highest BCUT2D eigenvalue weighted by molar-refractivity contribution is 5.69. The van der Waals surface area contributed by atoms with Gasteiger partial charge in [-0.3, -0.25) is 4.90 Å². The van der Waals surface area contributed by atoms with E-state index in [9.17, 15) is 9.90 Å². The number of piperazine rings is 1. The van der Waals surface area contributed by atoms with Crippen LogP contribution >= 0.6 is 0 Å². The van der Waals surface area contributed by atoms with Crippen LogP contribution in [0.3, 0.4) is 0 Å². The predicted octanol–water partition coefficient (Wildman–Crippen LogP) is 2.28. The van der Waals surface area contributed by atoms with Gasteiger partial charge in [0.05, 0.1) is 13.2 Å². The first kappa shape index (κ1) is 16.4. The highest BCUT2D eigenvalue weighted by Crippen LogP contribution is 2.32. The number of phenols is 1. The van der Waals surface area contributed by atoms with E-state index in [4.69, 9.17) is 9.47 Å². The molecule has 22 heavy (non-hydrogen) atoms. The van der Waals surface area contributed by atoms with Crippen LogP contribution in [0.4, 0.5) is 4.79 Å². The number of amides is 1. The second-order valence-electron chi connectivity index (χ2n) is 6.32. The van der Waals surface area contributed by atoms with Crippen molar-refractivity contribution < 1.29 is 19.4 Å². The molecule has 1 fully saturated rings. The third-order valence-corrected chi connectivity index (χ3v) is 3.46. The van der Waals surface area contributed by atoms with Gasteiger partial charge in [-0.1, -0.05) is 6.07 Å². The highest BCUT2D eigenvalue weighted by Gasteiger charge is 2.31. The van der Waals surface area contributed by atoms with Gasteiger partial charge in [0.2, 0.25) is 0 Å². The Kier molecular flexibility index (Phi) is 4.81. The van der Waals surface area contributed by atoms with Crippen LogP contribution < -0.4 is 10.1 Å². The van der Waals surface area contributed by atoms with Gasteiger partial charge in [0.25, 0.3) is 0 Å². The topological polar surface area (TPSA) is 71.0 Å². The maximum atomic E-state index is 12.4. The van der Waals surface area contributed by atoms with Crippen molar-refractivity contribution in [3.63, 3.8) is 0 Å². The number of carbonyl (C=O) groups is 1. The van der Waals surface area contributed by atoms with Gasteiger partial charge in [-0.25, -0.2) is 4.79 Å². The number of nitrogens with one attached hydrogen (secondary N) is 1. The number of benzene rings is 1. The van der Waals surface area contributed by atoms with Gasteiger partial charge >= 0.3 is 6.09 Å². The summed E-state index contributed by atoms with van der Waals surface area (Å²) in [5.41, 5.74) is 0.367. The lowest BCUT2D eigenvalue weighted by molar-refractivity contribution is 0.0118. The molecular formula is C16H24N2O4. The molecule has 1 saturated heterocycles. The van der Waals surface area contributed by atoms with Gasteiger partial charge in [-0.2, -0.15) is 0 Å². The van der Waals surface area contributed by atoms with Gasteiger partial charge in [0, 0.05) is 19.6 Å². The summed E-state index contributed by atoms with van der Waals surface area (Å²) in [6, 6.07) is 4.98. The van der Waals surface area contributed by atoms with Crippen molar-refractivity contribution in [2.75, 3.05) is 26.7 Å². The molecule has 0 bridgehead atoms. The van der Waals surface area contributed by atoms with E-state index in [0.717, 1.165) is 12.1 Å². The molecule has 0 spiro atoms. The fourth-order valence-corrected chi connectivity index (χ4v) is 2.44. The smallest absolute Gasteiger partial charge is 0.410 e. The van der Waals surface area contributed by atoms with E-state index < -0.39 is 5.60 Å². The Balaban J connectivity index is 2.24. The molecule has 6 heteroatoms. The van der Waals surface area contributed by atoms with E-state index in [1.807, 2.05) is 20.8 Å². The highest BCUT2D eigenvalue weighted by atomic mass is 16.6. The zero-order valence-electron chi connectivity index (χ0n) is 13.5. The molecule has 0 aliphatic carbocycles. The quantitative estimate of drug-likeness (QED) is 0.877. The number of carbonyl (C=O) groups excluding carboxylic acids is 1. The van der Waals surface area contributed by atoms with Gasteiger partial charge < -0.3 is 19.9 Å². The Morgan fingerprint density at radius 2 is 2.14 bits per heavy atom. The molecule has 0 saturated carbocycles. The molecule has 1 aromatic rings. The molecule has 2 rings (SSSR count). The van der Waals surface area contributed by atoms with Crippen LogP contribution in [0.2, 0.25) is 0 Å². The summed E-state index contributed by atoms with van der Waals surface area (Å²) in [6.07, 6.45) is -0.328. The minimum absolute atomic E-state index is 0.0823. The number of phenolic OH excluding ortho intramolecular Hbond substituents is 1. The van der Waals surface area contributed by atoms with Crippen molar-refractivity contribution in [3.8, 4) is 11.5 Å². The number of rotatable bonds is 2. The first-order chi connectivity index (χ1) is 10.3. The van der Waals surface area contributed by atoms with E-state index in [-0.39, 0.29) is 17.9 Å². The summed E-state index contributed by atoms with van der Waals surface area (Å²) >= 11 is 0. The molecule has 0 aromatic heterocycles. The number of aromatic hydroxyl groups is 1. The van der Waals surface area contributed by atoms with Crippen LogP contribution in [0.25, 0.3) is 0 Å². The lowest BCUT2D eigenvalue weighted by atomic mass is 10.0. The van der Waals surface area contributed by atoms with E-state index in [1.165, 1.54) is 7.11 Å². The normalized spacial score (nSPS) is 18.9. The fourth-order valence-electron chi connectivity index (χ4n) is 2.44. The summed E-state index contributed by atoms with van der Waals surface area (Å²) in [7, 11) is 1.50. The van der Waals surface area contributed by atoms with Crippen molar-refractivity contribution >= 4 is 6.09 Å². The monoisotopic (exact) mass is 308 g/mol. The zero-order valence-corrected chi connectivity index (χ0v) is 13.5. The maximum absolute atomic E-state index is 12.4. The average Bonchev–Trinajstić information content (AvgIpc) is 2.46. The molecule has 1 atom stereocenters. The van der Waals surface area contributed by atoms with Crippen LogP contribution in [0.1, 0.15) is 32.4 Å². The first-order valence-electron chi connectivity index (χ1n) is 7.39. The molecule has 1 aromatic carbocycles. The summed E-state index contributed by atoms with van der Waals surface area (Å²) in [6.45, 7) is 7.49. The van der Waals surface area contributed by atoms with Gasteiger partial charge in [-0.15, -0.1) is 0 Å². The summed E-state index contributed by atoms with van der Waals surface area (Å²) in [4.78, 5) is 14.1. The Morgan fingerprint density at radius 3 is 2.77 bits per heavy atom. The van der Waals surface area contributed by atoms with Crippen molar-refractivity contribution in [2.45, 2.75) is 32.4 Å². The SMILES string of the molecule is COc1cc(C2CNCCN2C(=O)OC(C)(C)C)ccc1O. The summed E-state index contributed by atoms with van der Waals surface area (Å²) in [5.74, 6) is 0.478. The van der Waals surface area contributed by atoms with Gasteiger partial charge in [-0.05, 0) is 38.5 Å². The van der Waals surface area contributed by atoms with Crippen LogP contribution in [-0.4, -0.2) is 48.4 Å². The minimum Gasteiger partial charge on any atom is -0.504 e. The second kappa shape index (κ2) is 6.44. The summed E-state index contributed by atoms with van der Waals surface area (Å²) < 4.78 is 10.6. The Labute approximate surface area is 131 Å². The number of hydrogen-bond donors (Lipinski definition) is 2. The summed E-state index contributed by atoms with van der Waals surface area (Å²) in [5, 5.41) is 13.0. The fraction of sp³-hybridized carbons (Fsp3) is 0.562. The molecule has 1 unspecified atom stereocenters. The minimum atomic E-state index is -0.529. The lowest BCUT2D eigenvalue weighted by Gasteiger charge is -2.37. The van der Waals surface area contributed by atoms with E-state index >= 15 is 0 Å². The van der Waals surface area contributed by atoms with Crippen molar-refractivity contribution in [1.29, 1.82) is 0 Å². The van der Waals surface area contributed by atoms with Gasteiger partial charge in [0.15, 0.2) is 11.5 Å². The molecule has 122 valence electrons. The lowest BCUT2D eigenvalue weighted by Crippen LogP contribution is -2.50. The molecular weight excluding hydrogens is 284 g/mol. The molecule has 6 nitrogen and oxygen atoms in total. The largest absolute Gasteiger partial charge is 0.504 e. The number of methoxy groups -OCH3 is 1. The number of ether oxygens (including phenoxy) is 2. The van der Waals surface area contributed by atoms with Crippen LogP contribution in [0.15, 0.2) is 18.2 Å². The van der Waals surface area contributed by atoms with Crippen molar-refractivity contribution in [1.82, 2.24) is 10.2 Å². The number of nitrogens with zero attached hydrogens (tertiary/aromatic N) is 1. The van der Waals surface area contributed by atoms with E-state index in [1.54, 1.807) is 23.1 Å². The Hall–Kier alpha value is -1.95. The standard InChI is InChI=1S/C16H24N2O4/c1-16(2,3)22-15(20)18-8-7-17-10-12(18)11-5-6-13(19)14(9-11)21-4/h5-6,9,12,17,19H,7-8,10H2,1-4H3. The molecule has 1 heterocycles. The van der Waals surface area contributed by atoms with Crippen LogP contribution in [0, 0.1) is 0 Å². The van der Waals surface area contributed by atoms with Crippen LogP contribution in [-0.2, 0) is 4.74 Å². The molecule has 2 N–H and O–H groups in total. The first-order valence-corrected chi connectivity index (χ1v) is 7.39. The van der Waals surface area contributed by atoms with Crippen molar-refractivity contribution in [2.24, 2.45) is 0 Å². The molecule has 0 radical (unpaired) electrons. The average molecular weight is 308 g/mol. The third kappa shape index (κ3) is 3.82. The maximum Gasteiger partial charge on any atom is 0.410 e. The third-order valence-electron chi connectivity index (χ3n) is 3.46. The number of hydrogen-bond acceptors (Lipinski definition) is 5. The Morgan fingerprint density at radius 1 is 1.41 bits per heavy atom. The van der Waals surface area contributed by atoms with Gasteiger partial charge in [0.1, 0.15) is 5.60 Å². The van der Waals surface area contributed by atoms with Crippen LogP contribution in [0.5, 0.6) is 11.5 Å². The molecule has 1 aliphatic heterocycles. The second-order valence-corrected chi connectivity index (χ2v) is 6.32. The zero-order chi connectivity index (χ0) is 16.3. The molecule has 1 aliphatic rings. The van der Waals surface area contributed by atoms with E-state index in [2.05, 4.69) is 5.32 Å². The predicted molar refractivity (Wildman–Crippen MR) is 83.2 cm³/mol. The van der Waals surface area contributed by atoms with E-state index in [0.29, 0.717) is 18.8 Å².